The number of rotatable bonds is 10. The monoisotopic (exact) mass is 682 g/mol. The number of carbonyl (C=O) groups excluding carboxylic acids is 3. The minimum atomic E-state index is -2.39. The van der Waals surface area contributed by atoms with Crippen molar-refractivity contribution in [3.8, 4) is 5.82 Å². The summed E-state index contributed by atoms with van der Waals surface area (Å²) in [7, 11) is 0. The highest BCUT2D eigenvalue weighted by atomic mass is 35.5. The molecule has 1 fully saturated rings. The maximum absolute atomic E-state index is 13.5. The molecule has 0 radical (unpaired) electrons. The second kappa shape index (κ2) is 14.2. The molecular formula is C32H23ClN8O8. The lowest BCUT2D eigenvalue weighted by atomic mass is 10.0. The number of nitrogens with zero attached hydrogens (tertiary/aromatic N) is 8. The summed E-state index contributed by atoms with van der Waals surface area (Å²) in [6.07, 6.45) is -1.27. The molecule has 1 aliphatic rings. The van der Waals surface area contributed by atoms with Gasteiger partial charge in [-0.2, -0.15) is 10.1 Å². The van der Waals surface area contributed by atoms with Crippen LogP contribution in [0.4, 0.5) is 0 Å². The molecule has 3 heterocycles. The van der Waals surface area contributed by atoms with Crippen molar-refractivity contribution in [2.75, 3.05) is 6.61 Å². The standard InChI is InChI=1S/C32H23ClN8O8/c33-23-13-7-12-22(16-23)28(42)46-17-32(38-39-34)26(48-30(44)21-10-5-2-6-11-21)25(47-29(43)20-8-3-1-4-9-20)27(49-32)40-15-14-24(37-31(40)45)41-19-35-18-36-41/h1-16,18-19,25-27H,17H2/t25-,26+,27-,32-/m1/s1. The van der Waals surface area contributed by atoms with Crippen LogP contribution in [-0.2, 0) is 18.9 Å². The van der Waals surface area contributed by atoms with Gasteiger partial charge in [0.05, 0.1) is 16.7 Å². The van der Waals surface area contributed by atoms with Gasteiger partial charge in [-0.15, -0.1) is 0 Å². The lowest BCUT2D eigenvalue weighted by Crippen LogP contribution is -2.49. The molecule has 1 saturated heterocycles. The summed E-state index contributed by atoms with van der Waals surface area (Å²) >= 11 is 6.04. The van der Waals surface area contributed by atoms with Crippen LogP contribution in [0.5, 0.6) is 0 Å². The number of azide groups is 1. The molecule has 0 aliphatic carbocycles. The van der Waals surface area contributed by atoms with Gasteiger partial charge >= 0.3 is 23.6 Å². The molecule has 49 heavy (non-hydrogen) atoms. The van der Waals surface area contributed by atoms with Crippen molar-refractivity contribution in [1.82, 2.24) is 24.3 Å². The van der Waals surface area contributed by atoms with Gasteiger partial charge in [0.2, 0.25) is 5.72 Å². The molecule has 3 aromatic carbocycles. The number of hydrogen-bond acceptors (Lipinski definition) is 12. The SMILES string of the molecule is [N-]=[N+]=N[C@]1(COC(=O)c2cccc(Cl)c2)O[C@@H](n2ccc(-n3cncn3)nc2=O)[C@H](OC(=O)c2ccccc2)[C@@H]1OC(=O)c1ccccc1. The smallest absolute Gasteiger partial charge is 0.351 e. The predicted octanol–water partition coefficient (Wildman–Crippen LogP) is 4.32. The summed E-state index contributed by atoms with van der Waals surface area (Å²) < 4.78 is 25.7. The molecule has 246 valence electrons. The average Bonchev–Trinajstić information content (AvgIpc) is 3.76. The minimum Gasteiger partial charge on any atom is -0.459 e. The Labute approximate surface area is 281 Å². The van der Waals surface area contributed by atoms with Crippen molar-refractivity contribution in [1.29, 1.82) is 0 Å². The Hall–Kier alpha value is -6.35. The van der Waals surface area contributed by atoms with Crippen LogP contribution >= 0.6 is 11.6 Å². The van der Waals surface area contributed by atoms with Crippen LogP contribution in [0.2, 0.25) is 5.02 Å². The van der Waals surface area contributed by atoms with E-state index < -0.39 is 54.4 Å². The van der Waals surface area contributed by atoms with Crippen molar-refractivity contribution < 1.29 is 33.3 Å². The van der Waals surface area contributed by atoms with Crippen LogP contribution < -0.4 is 5.69 Å². The van der Waals surface area contributed by atoms with Gasteiger partial charge in [-0.25, -0.2) is 28.8 Å². The van der Waals surface area contributed by atoms with E-state index in [0.29, 0.717) is 0 Å². The lowest BCUT2D eigenvalue weighted by molar-refractivity contribution is -0.129. The molecule has 0 spiro atoms. The Kier molecular flexibility index (Phi) is 9.43. The summed E-state index contributed by atoms with van der Waals surface area (Å²) in [6.45, 7) is -0.857. The molecule has 0 N–H and O–H groups in total. The third-order valence-corrected chi connectivity index (χ3v) is 7.51. The molecule has 0 amide bonds. The number of aromatic nitrogens is 5. The van der Waals surface area contributed by atoms with Gasteiger partial charge < -0.3 is 18.9 Å². The highest BCUT2D eigenvalue weighted by molar-refractivity contribution is 6.30. The predicted molar refractivity (Wildman–Crippen MR) is 168 cm³/mol. The molecule has 0 unspecified atom stereocenters. The molecule has 0 bridgehead atoms. The molecule has 2 aromatic heterocycles. The third kappa shape index (κ3) is 7.01. The van der Waals surface area contributed by atoms with Gasteiger partial charge in [-0.3, -0.25) is 4.57 Å². The van der Waals surface area contributed by atoms with Gasteiger partial charge in [0.15, 0.2) is 24.3 Å². The van der Waals surface area contributed by atoms with Crippen molar-refractivity contribution >= 4 is 29.5 Å². The molecular weight excluding hydrogens is 660 g/mol. The van der Waals surface area contributed by atoms with Crippen LogP contribution in [0.1, 0.15) is 37.3 Å². The summed E-state index contributed by atoms with van der Waals surface area (Å²) in [5.41, 5.74) is 6.69. The number of hydrogen-bond donors (Lipinski definition) is 0. The highest BCUT2D eigenvalue weighted by Crippen LogP contribution is 2.43. The van der Waals surface area contributed by atoms with Crippen LogP contribution in [0.15, 0.2) is 120 Å². The van der Waals surface area contributed by atoms with Crippen molar-refractivity contribution in [2.24, 2.45) is 5.11 Å². The van der Waals surface area contributed by atoms with Crippen LogP contribution in [0.3, 0.4) is 0 Å². The largest absolute Gasteiger partial charge is 0.459 e. The van der Waals surface area contributed by atoms with E-state index in [1.807, 2.05) is 0 Å². The first-order valence-corrected chi connectivity index (χ1v) is 14.8. The van der Waals surface area contributed by atoms with Crippen LogP contribution in [-0.4, -0.2) is 66.8 Å². The van der Waals surface area contributed by atoms with Crippen LogP contribution in [0.25, 0.3) is 16.3 Å². The van der Waals surface area contributed by atoms with Gasteiger partial charge in [-0.1, -0.05) is 59.2 Å². The maximum atomic E-state index is 13.5. The van der Waals surface area contributed by atoms with E-state index in [1.165, 1.54) is 72.1 Å². The van der Waals surface area contributed by atoms with Crippen LogP contribution in [0, 0.1) is 0 Å². The van der Waals surface area contributed by atoms with Gasteiger partial charge in [-0.05, 0) is 54.1 Å². The fourth-order valence-corrected chi connectivity index (χ4v) is 5.18. The zero-order valence-electron chi connectivity index (χ0n) is 25.1. The Balaban J connectivity index is 1.45. The molecule has 16 nitrogen and oxygen atoms in total. The van der Waals surface area contributed by atoms with Crippen molar-refractivity contribution in [2.45, 2.75) is 24.2 Å². The Bertz CT molecular complexity index is 2090. The minimum absolute atomic E-state index is 0.0483. The topological polar surface area (TPSA) is 202 Å². The van der Waals surface area contributed by atoms with Gasteiger partial charge in [0.1, 0.15) is 19.3 Å². The number of ether oxygens (including phenoxy) is 4. The molecule has 17 heteroatoms. The Morgan fingerprint density at radius 3 is 2.20 bits per heavy atom. The van der Waals surface area contributed by atoms with E-state index in [-0.39, 0.29) is 27.5 Å². The van der Waals surface area contributed by atoms with E-state index in [9.17, 15) is 24.7 Å². The summed E-state index contributed by atoms with van der Waals surface area (Å²) in [4.78, 5) is 64.3. The normalized spacial score (nSPS) is 19.7. The highest BCUT2D eigenvalue weighted by Gasteiger charge is 2.61. The summed E-state index contributed by atoms with van der Waals surface area (Å²) in [5, 5.41) is 8.00. The fourth-order valence-electron chi connectivity index (χ4n) is 4.99. The van der Waals surface area contributed by atoms with E-state index in [1.54, 1.807) is 42.5 Å². The zero-order valence-corrected chi connectivity index (χ0v) is 25.8. The summed E-state index contributed by atoms with van der Waals surface area (Å²) in [5.74, 6) is -2.63. The molecule has 5 aromatic rings. The second-order valence-electron chi connectivity index (χ2n) is 10.4. The first-order valence-electron chi connectivity index (χ1n) is 14.4. The van der Waals surface area contributed by atoms with Crippen molar-refractivity contribution in [3.63, 3.8) is 0 Å². The molecule has 4 atom stereocenters. The molecule has 0 saturated carbocycles. The first-order chi connectivity index (χ1) is 23.8. The number of carbonyl (C=O) groups is 3. The average molecular weight is 683 g/mol. The van der Waals surface area contributed by atoms with Gasteiger partial charge in [0, 0.05) is 16.1 Å². The quantitative estimate of drug-likeness (QED) is 0.0667. The second-order valence-corrected chi connectivity index (χ2v) is 10.8. The fraction of sp³-hybridized carbons (Fsp3) is 0.156. The Morgan fingerprint density at radius 1 is 0.918 bits per heavy atom. The Morgan fingerprint density at radius 2 is 1.59 bits per heavy atom. The maximum Gasteiger partial charge on any atom is 0.351 e. The van der Waals surface area contributed by atoms with E-state index in [4.69, 9.17) is 30.5 Å². The molecule has 1 aliphatic heterocycles. The molecule has 6 rings (SSSR count). The number of halogens is 1. The van der Waals surface area contributed by atoms with E-state index >= 15 is 0 Å². The zero-order chi connectivity index (χ0) is 34.4. The van der Waals surface area contributed by atoms with Crippen molar-refractivity contribution in [3.05, 3.63) is 152 Å². The number of benzene rings is 3. The van der Waals surface area contributed by atoms with E-state index in [2.05, 4.69) is 25.1 Å². The summed E-state index contributed by atoms with van der Waals surface area (Å²) in [6, 6.07) is 22.9. The number of esters is 3. The van der Waals surface area contributed by atoms with Gasteiger partial charge in [0.25, 0.3) is 0 Å². The van der Waals surface area contributed by atoms with E-state index in [0.717, 1.165) is 4.57 Å². The lowest BCUT2D eigenvalue weighted by Gasteiger charge is -2.29. The third-order valence-electron chi connectivity index (χ3n) is 7.27. The first kappa shape index (κ1) is 32.6.